The fraction of sp³-hybridized carbons (Fsp3) is 0.0714. The Bertz CT molecular complexity index is 612. The molecule has 0 fully saturated rings. The van der Waals surface area contributed by atoms with Crippen LogP contribution in [0.5, 0.6) is 5.75 Å². The summed E-state index contributed by atoms with van der Waals surface area (Å²) in [6, 6.07) is 9.34. The van der Waals surface area contributed by atoms with Crippen LogP contribution in [0.1, 0.15) is 11.1 Å². The Morgan fingerprint density at radius 3 is 2.33 bits per heavy atom. The van der Waals surface area contributed by atoms with Gasteiger partial charge in [0.2, 0.25) is 11.9 Å². The molecular formula is C14H9F2NO. The highest BCUT2D eigenvalue weighted by Crippen LogP contribution is 2.10. The van der Waals surface area contributed by atoms with E-state index in [4.69, 9.17) is 4.74 Å². The summed E-state index contributed by atoms with van der Waals surface area (Å²) >= 11 is 0. The molecule has 0 bridgehead atoms. The zero-order chi connectivity index (χ0) is 13.0. The topological polar surface area (TPSA) is 22.1 Å². The van der Waals surface area contributed by atoms with Gasteiger partial charge in [0.15, 0.2) is 0 Å². The number of halogens is 2. The van der Waals surface area contributed by atoms with Gasteiger partial charge in [-0.15, -0.1) is 0 Å². The summed E-state index contributed by atoms with van der Waals surface area (Å²) in [6.07, 6.45) is 0. The first kappa shape index (κ1) is 12.1. The highest BCUT2D eigenvalue weighted by atomic mass is 19.1. The first-order valence-corrected chi connectivity index (χ1v) is 5.17. The Morgan fingerprint density at radius 1 is 1.00 bits per heavy atom. The second kappa shape index (κ2) is 5.28. The third-order valence-corrected chi connectivity index (χ3v) is 2.25. The molecule has 0 unspecified atom stereocenters. The standard InChI is InChI=1S/C14H9F2NO/c1-18-12-7-3-10(4-8-12)2-5-11-6-9-13(15)17-14(11)16/h3-4,6-9H,1H3. The quantitative estimate of drug-likeness (QED) is 0.569. The fourth-order valence-corrected chi connectivity index (χ4v) is 1.32. The van der Waals surface area contributed by atoms with Gasteiger partial charge in [-0.3, -0.25) is 0 Å². The zero-order valence-electron chi connectivity index (χ0n) is 9.58. The Balaban J connectivity index is 2.25. The van der Waals surface area contributed by atoms with Crippen molar-refractivity contribution in [1.29, 1.82) is 0 Å². The Morgan fingerprint density at radius 2 is 1.72 bits per heavy atom. The molecule has 0 radical (unpaired) electrons. The van der Waals surface area contributed by atoms with Crippen LogP contribution in [-0.4, -0.2) is 12.1 Å². The van der Waals surface area contributed by atoms with Gasteiger partial charge in [0.1, 0.15) is 5.75 Å². The van der Waals surface area contributed by atoms with E-state index in [-0.39, 0.29) is 5.56 Å². The van der Waals surface area contributed by atoms with E-state index < -0.39 is 11.9 Å². The first-order valence-electron chi connectivity index (χ1n) is 5.17. The van der Waals surface area contributed by atoms with Crippen LogP contribution in [0.3, 0.4) is 0 Å². The molecule has 0 aliphatic rings. The molecule has 1 aromatic carbocycles. The van der Waals surface area contributed by atoms with Gasteiger partial charge in [0.25, 0.3) is 0 Å². The van der Waals surface area contributed by atoms with Gasteiger partial charge in [-0.05, 0) is 36.4 Å². The molecule has 90 valence electrons. The maximum absolute atomic E-state index is 13.2. The van der Waals surface area contributed by atoms with Crippen LogP contribution in [0, 0.1) is 23.7 Å². The summed E-state index contributed by atoms with van der Waals surface area (Å²) in [5, 5.41) is 0. The fourth-order valence-electron chi connectivity index (χ4n) is 1.32. The smallest absolute Gasteiger partial charge is 0.231 e. The van der Waals surface area contributed by atoms with Gasteiger partial charge < -0.3 is 4.74 Å². The van der Waals surface area contributed by atoms with Crippen LogP contribution >= 0.6 is 0 Å². The monoisotopic (exact) mass is 245 g/mol. The van der Waals surface area contributed by atoms with E-state index in [1.54, 1.807) is 31.4 Å². The molecule has 0 aliphatic heterocycles. The van der Waals surface area contributed by atoms with Crippen LogP contribution < -0.4 is 4.74 Å². The van der Waals surface area contributed by atoms with E-state index in [0.29, 0.717) is 5.56 Å². The summed E-state index contributed by atoms with van der Waals surface area (Å²) < 4.78 is 30.8. The largest absolute Gasteiger partial charge is 0.497 e. The molecule has 0 saturated heterocycles. The van der Waals surface area contributed by atoms with Crippen molar-refractivity contribution in [3.8, 4) is 17.6 Å². The van der Waals surface area contributed by atoms with Gasteiger partial charge in [0, 0.05) is 5.56 Å². The van der Waals surface area contributed by atoms with Crippen molar-refractivity contribution >= 4 is 0 Å². The van der Waals surface area contributed by atoms with Gasteiger partial charge in [-0.25, -0.2) is 0 Å². The maximum Gasteiger partial charge on any atom is 0.231 e. The molecule has 0 N–H and O–H groups in total. The summed E-state index contributed by atoms with van der Waals surface area (Å²) in [7, 11) is 1.57. The second-order valence-electron chi connectivity index (χ2n) is 3.45. The van der Waals surface area contributed by atoms with Crippen molar-refractivity contribution in [3.05, 3.63) is 59.4 Å². The number of pyridine rings is 1. The summed E-state index contributed by atoms with van der Waals surface area (Å²) in [5.74, 6) is 4.32. The Kier molecular flexibility index (Phi) is 3.54. The average molecular weight is 245 g/mol. The number of nitrogens with zero attached hydrogens (tertiary/aromatic N) is 1. The summed E-state index contributed by atoms with van der Waals surface area (Å²) in [4.78, 5) is 3.06. The predicted molar refractivity (Wildman–Crippen MR) is 63.1 cm³/mol. The van der Waals surface area contributed by atoms with E-state index in [9.17, 15) is 8.78 Å². The normalized spacial score (nSPS) is 9.50. The predicted octanol–water partition coefficient (Wildman–Crippen LogP) is 2.77. The van der Waals surface area contributed by atoms with Crippen LogP contribution in [0.15, 0.2) is 36.4 Å². The molecule has 1 aromatic heterocycles. The van der Waals surface area contributed by atoms with Crippen LogP contribution in [0.25, 0.3) is 0 Å². The lowest BCUT2D eigenvalue weighted by Crippen LogP contribution is -1.91. The highest BCUT2D eigenvalue weighted by molar-refractivity contribution is 5.43. The summed E-state index contributed by atoms with van der Waals surface area (Å²) in [6.45, 7) is 0. The van der Waals surface area contributed by atoms with Crippen molar-refractivity contribution in [2.24, 2.45) is 0 Å². The molecule has 0 atom stereocenters. The molecule has 0 amide bonds. The highest BCUT2D eigenvalue weighted by Gasteiger charge is 2.01. The molecule has 0 saturated carbocycles. The number of rotatable bonds is 1. The number of hydrogen-bond acceptors (Lipinski definition) is 2. The van der Waals surface area contributed by atoms with E-state index in [0.717, 1.165) is 11.8 Å². The maximum atomic E-state index is 13.2. The third kappa shape index (κ3) is 2.83. The SMILES string of the molecule is COc1ccc(C#Cc2ccc(F)nc2F)cc1. The molecule has 2 nitrogen and oxygen atoms in total. The van der Waals surface area contributed by atoms with Crippen molar-refractivity contribution < 1.29 is 13.5 Å². The van der Waals surface area contributed by atoms with E-state index >= 15 is 0 Å². The van der Waals surface area contributed by atoms with E-state index in [1.807, 2.05) is 0 Å². The molecule has 18 heavy (non-hydrogen) atoms. The second-order valence-corrected chi connectivity index (χ2v) is 3.45. The van der Waals surface area contributed by atoms with Gasteiger partial charge >= 0.3 is 0 Å². The van der Waals surface area contributed by atoms with E-state index in [2.05, 4.69) is 16.8 Å². The van der Waals surface area contributed by atoms with Crippen LogP contribution in [0.4, 0.5) is 8.78 Å². The third-order valence-electron chi connectivity index (χ3n) is 2.25. The molecule has 1 heterocycles. The summed E-state index contributed by atoms with van der Waals surface area (Å²) in [5.41, 5.74) is 0.770. The van der Waals surface area contributed by atoms with Crippen molar-refractivity contribution in [2.75, 3.05) is 7.11 Å². The van der Waals surface area contributed by atoms with Crippen molar-refractivity contribution in [1.82, 2.24) is 4.98 Å². The lowest BCUT2D eigenvalue weighted by molar-refractivity contribution is 0.415. The molecular weight excluding hydrogens is 236 g/mol. The van der Waals surface area contributed by atoms with Crippen molar-refractivity contribution in [3.63, 3.8) is 0 Å². The zero-order valence-corrected chi connectivity index (χ0v) is 9.58. The molecule has 0 aliphatic carbocycles. The van der Waals surface area contributed by atoms with Gasteiger partial charge in [-0.2, -0.15) is 13.8 Å². The minimum atomic E-state index is -0.906. The van der Waals surface area contributed by atoms with E-state index in [1.165, 1.54) is 6.07 Å². The minimum Gasteiger partial charge on any atom is -0.497 e. The molecule has 0 spiro atoms. The Hall–Kier alpha value is -2.41. The molecule has 2 rings (SSSR count). The molecule has 4 heteroatoms. The lowest BCUT2D eigenvalue weighted by Gasteiger charge is -1.97. The van der Waals surface area contributed by atoms with Crippen LogP contribution in [0.2, 0.25) is 0 Å². The van der Waals surface area contributed by atoms with Crippen molar-refractivity contribution in [2.45, 2.75) is 0 Å². The number of hydrogen-bond donors (Lipinski definition) is 0. The number of ether oxygens (including phenoxy) is 1. The van der Waals surface area contributed by atoms with Gasteiger partial charge in [-0.1, -0.05) is 11.8 Å². The lowest BCUT2D eigenvalue weighted by atomic mass is 10.2. The number of methoxy groups -OCH3 is 1. The minimum absolute atomic E-state index is 0.0622. The van der Waals surface area contributed by atoms with Crippen LogP contribution in [-0.2, 0) is 0 Å². The number of aromatic nitrogens is 1. The van der Waals surface area contributed by atoms with Gasteiger partial charge in [0.05, 0.1) is 12.7 Å². The number of benzene rings is 1. The average Bonchev–Trinajstić information content (AvgIpc) is 2.38. The molecule has 2 aromatic rings. The first-order chi connectivity index (χ1) is 8.69. The Labute approximate surface area is 103 Å².